The Morgan fingerprint density at radius 2 is 2.12 bits per heavy atom. The Morgan fingerprint density at radius 3 is 2.75 bits per heavy atom. The number of aromatic nitrogens is 1. The molecule has 0 saturated heterocycles. The van der Waals surface area contributed by atoms with Crippen LogP contribution < -0.4 is 10.6 Å². The van der Waals surface area contributed by atoms with Gasteiger partial charge in [0.05, 0.1) is 5.56 Å². The van der Waals surface area contributed by atoms with Gasteiger partial charge < -0.3 is 15.7 Å². The van der Waals surface area contributed by atoms with Crippen LogP contribution in [0.1, 0.15) is 22.8 Å². The van der Waals surface area contributed by atoms with Crippen molar-refractivity contribution in [3.05, 3.63) is 71.4 Å². The third-order valence-corrected chi connectivity index (χ3v) is 3.83. The molecule has 6 heteroatoms. The second-order valence-electron chi connectivity index (χ2n) is 5.54. The predicted molar refractivity (Wildman–Crippen MR) is 96.3 cm³/mol. The second kappa shape index (κ2) is 7.95. The van der Waals surface area contributed by atoms with Crippen LogP contribution in [0.4, 0.5) is 5.82 Å². The van der Waals surface area contributed by atoms with Crippen molar-refractivity contribution in [2.75, 3.05) is 18.4 Å². The van der Waals surface area contributed by atoms with Gasteiger partial charge >= 0.3 is 0 Å². The number of halogens is 1. The summed E-state index contributed by atoms with van der Waals surface area (Å²) in [5.74, 6) is 0.347. The fourth-order valence-corrected chi connectivity index (χ4v) is 2.49. The summed E-state index contributed by atoms with van der Waals surface area (Å²) in [6.45, 7) is 5.85. The van der Waals surface area contributed by atoms with Crippen LogP contribution in [-0.4, -0.2) is 29.1 Å². The van der Waals surface area contributed by atoms with Gasteiger partial charge in [-0.2, -0.15) is 0 Å². The molecule has 0 aliphatic rings. The van der Waals surface area contributed by atoms with Crippen LogP contribution in [0.3, 0.4) is 0 Å². The van der Waals surface area contributed by atoms with E-state index in [9.17, 15) is 9.90 Å². The third kappa shape index (κ3) is 4.57. The molecule has 1 heterocycles. The number of benzene rings is 1. The molecule has 0 fully saturated rings. The fraction of sp³-hybridized carbons (Fsp3) is 0.222. The average Bonchev–Trinajstić information content (AvgIpc) is 2.58. The number of hydrogen-bond donors (Lipinski definition) is 3. The molecule has 0 saturated carbocycles. The molecule has 0 aliphatic heterocycles. The lowest BCUT2D eigenvalue weighted by molar-refractivity contribution is 0.0715. The third-order valence-electron chi connectivity index (χ3n) is 3.50. The molecule has 3 N–H and O–H groups in total. The number of carbonyl (C=O) groups excluding carboxylic acids is 1. The van der Waals surface area contributed by atoms with Gasteiger partial charge in [0.15, 0.2) is 0 Å². The van der Waals surface area contributed by atoms with Crippen molar-refractivity contribution in [1.82, 2.24) is 10.3 Å². The van der Waals surface area contributed by atoms with Crippen molar-refractivity contribution < 1.29 is 9.90 Å². The Hall–Kier alpha value is -2.37. The van der Waals surface area contributed by atoms with Gasteiger partial charge in [-0.25, -0.2) is 4.98 Å². The van der Waals surface area contributed by atoms with E-state index in [1.165, 1.54) is 6.20 Å². The molecule has 1 amide bonds. The number of hydrogen-bond acceptors (Lipinski definition) is 4. The standard InChI is InChI=1S/C18H20ClN3O2/c1-3-10-20-17(23)13-8-9-16(21-11-13)22-12-18(2,24)14-6-4-5-7-15(14)19/h3-9,11,24H,1,10,12H2,2H3,(H,20,23)(H,21,22). The Balaban J connectivity index is 2.00. The Bertz CT molecular complexity index is 714. The zero-order valence-electron chi connectivity index (χ0n) is 13.4. The molecule has 0 bridgehead atoms. The number of pyridine rings is 1. The zero-order chi connectivity index (χ0) is 17.6. The highest BCUT2D eigenvalue weighted by atomic mass is 35.5. The molecule has 5 nitrogen and oxygen atoms in total. The molecule has 24 heavy (non-hydrogen) atoms. The number of amides is 1. The van der Waals surface area contributed by atoms with Crippen molar-refractivity contribution >= 4 is 23.3 Å². The molecule has 0 spiro atoms. The van der Waals surface area contributed by atoms with Crippen LogP contribution in [0.5, 0.6) is 0 Å². The lowest BCUT2D eigenvalue weighted by atomic mass is 9.96. The predicted octanol–water partition coefficient (Wildman–Crippen LogP) is 2.97. The number of nitrogens with one attached hydrogen (secondary N) is 2. The minimum absolute atomic E-state index is 0.211. The number of anilines is 1. The summed E-state index contributed by atoms with van der Waals surface area (Å²) in [5.41, 5.74) is -0.0557. The maximum Gasteiger partial charge on any atom is 0.253 e. The van der Waals surface area contributed by atoms with Gasteiger partial charge in [0.1, 0.15) is 11.4 Å². The minimum atomic E-state index is -1.15. The number of carbonyl (C=O) groups is 1. The number of rotatable bonds is 7. The summed E-state index contributed by atoms with van der Waals surface area (Å²) >= 11 is 6.13. The van der Waals surface area contributed by atoms with E-state index >= 15 is 0 Å². The van der Waals surface area contributed by atoms with Crippen LogP contribution in [0.25, 0.3) is 0 Å². The maximum atomic E-state index is 11.8. The molecular formula is C18H20ClN3O2. The minimum Gasteiger partial charge on any atom is -0.384 e. The fourth-order valence-electron chi connectivity index (χ4n) is 2.16. The topological polar surface area (TPSA) is 74.2 Å². The summed E-state index contributed by atoms with van der Waals surface area (Å²) in [5, 5.41) is 16.9. The number of aliphatic hydroxyl groups is 1. The molecule has 1 aromatic carbocycles. The van der Waals surface area contributed by atoms with Crippen molar-refractivity contribution in [3.63, 3.8) is 0 Å². The lowest BCUT2D eigenvalue weighted by Crippen LogP contribution is -2.31. The molecule has 126 valence electrons. The van der Waals surface area contributed by atoms with Crippen LogP contribution in [0, 0.1) is 0 Å². The molecule has 0 aliphatic carbocycles. The first-order chi connectivity index (χ1) is 11.4. The van der Waals surface area contributed by atoms with Gasteiger partial charge in [0, 0.05) is 29.9 Å². The summed E-state index contributed by atoms with van der Waals surface area (Å²) < 4.78 is 0. The van der Waals surface area contributed by atoms with Crippen molar-refractivity contribution in [3.8, 4) is 0 Å². The van der Waals surface area contributed by atoms with E-state index in [1.807, 2.05) is 12.1 Å². The molecule has 1 aromatic heterocycles. The van der Waals surface area contributed by atoms with Gasteiger partial charge in [-0.15, -0.1) is 6.58 Å². The van der Waals surface area contributed by atoms with Gasteiger partial charge in [0.2, 0.25) is 0 Å². The highest BCUT2D eigenvalue weighted by Gasteiger charge is 2.25. The summed E-state index contributed by atoms with van der Waals surface area (Å²) in [4.78, 5) is 16.0. The molecule has 1 atom stereocenters. The first kappa shape index (κ1) is 18.0. The molecule has 2 rings (SSSR count). The van der Waals surface area contributed by atoms with Crippen molar-refractivity contribution in [2.24, 2.45) is 0 Å². The SMILES string of the molecule is C=CCNC(=O)c1ccc(NCC(C)(O)c2ccccc2Cl)nc1. The number of nitrogens with zero attached hydrogens (tertiary/aromatic N) is 1. The van der Waals surface area contributed by atoms with Crippen LogP contribution >= 0.6 is 11.6 Å². The quantitative estimate of drug-likeness (QED) is 0.674. The summed E-state index contributed by atoms with van der Waals surface area (Å²) in [6.07, 6.45) is 3.09. The van der Waals surface area contributed by atoms with Crippen molar-refractivity contribution in [2.45, 2.75) is 12.5 Å². The van der Waals surface area contributed by atoms with Gasteiger partial charge in [-0.05, 0) is 25.1 Å². The molecule has 1 unspecified atom stereocenters. The molecule has 0 radical (unpaired) electrons. The largest absolute Gasteiger partial charge is 0.384 e. The van der Waals surface area contributed by atoms with E-state index in [-0.39, 0.29) is 12.5 Å². The maximum absolute atomic E-state index is 11.8. The van der Waals surface area contributed by atoms with E-state index in [1.54, 1.807) is 37.3 Å². The van der Waals surface area contributed by atoms with Gasteiger partial charge in [-0.1, -0.05) is 35.9 Å². The van der Waals surface area contributed by atoms with E-state index in [4.69, 9.17) is 11.6 Å². The van der Waals surface area contributed by atoms with E-state index in [2.05, 4.69) is 22.2 Å². The van der Waals surface area contributed by atoms with E-state index < -0.39 is 5.60 Å². The van der Waals surface area contributed by atoms with Gasteiger partial charge in [0.25, 0.3) is 5.91 Å². The van der Waals surface area contributed by atoms with Crippen LogP contribution in [0.2, 0.25) is 5.02 Å². The summed E-state index contributed by atoms with van der Waals surface area (Å²) in [6, 6.07) is 10.5. The van der Waals surface area contributed by atoms with E-state index in [0.717, 1.165) is 0 Å². The summed E-state index contributed by atoms with van der Waals surface area (Å²) in [7, 11) is 0. The average molecular weight is 346 g/mol. The smallest absolute Gasteiger partial charge is 0.253 e. The normalized spacial score (nSPS) is 13.0. The monoisotopic (exact) mass is 345 g/mol. The second-order valence-corrected chi connectivity index (χ2v) is 5.95. The first-order valence-corrected chi connectivity index (χ1v) is 7.88. The van der Waals surface area contributed by atoms with Crippen molar-refractivity contribution in [1.29, 1.82) is 0 Å². The molecular weight excluding hydrogens is 326 g/mol. The van der Waals surface area contributed by atoms with Gasteiger partial charge in [-0.3, -0.25) is 4.79 Å². The Kier molecular flexibility index (Phi) is 5.95. The lowest BCUT2D eigenvalue weighted by Gasteiger charge is -2.25. The van der Waals surface area contributed by atoms with Crippen LogP contribution in [0.15, 0.2) is 55.3 Å². The van der Waals surface area contributed by atoms with Crippen LogP contribution in [-0.2, 0) is 5.60 Å². The van der Waals surface area contributed by atoms with E-state index in [0.29, 0.717) is 28.5 Å². The zero-order valence-corrected chi connectivity index (χ0v) is 14.2. The first-order valence-electron chi connectivity index (χ1n) is 7.50. The highest BCUT2D eigenvalue weighted by molar-refractivity contribution is 6.31. The molecule has 2 aromatic rings. The Labute approximate surface area is 146 Å². The Morgan fingerprint density at radius 1 is 1.38 bits per heavy atom. The highest BCUT2D eigenvalue weighted by Crippen LogP contribution is 2.27.